The van der Waals surface area contributed by atoms with Gasteiger partial charge < -0.3 is 10.0 Å². The first-order valence-corrected chi connectivity index (χ1v) is 7.26. The van der Waals surface area contributed by atoms with Gasteiger partial charge in [-0.25, -0.2) is 4.79 Å². The van der Waals surface area contributed by atoms with E-state index >= 15 is 0 Å². The molecule has 1 saturated heterocycles. The first-order chi connectivity index (χ1) is 8.94. The van der Waals surface area contributed by atoms with Crippen LogP contribution in [0.1, 0.15) is 19.4 Å². The van der Waals surface area contributed by atoms with Crippen molar-refractivity contribution in [3.05, 3.63) is 41.6 Å². The Bertz CT molecular complexity index is 607. The molecule has 2 heterocycles. The van der Waals surface area contributed by atoms with E-state index < -0.39 is 5.97 Å². The number of carbonyl (C=O) groups is 1. The van der Waals surface area contributed by atoms with Gasteiger partial charge >= 0.3 is 5.97 Å². The summed E-state index contributed by atoms with van der Waals surface area (Å²) in [6, 6.07) is 9.64. The highest BCUT2D eigenvalue weighted by Gasteiger charge is 2.58. The third-order valence-corrected chi connectivity index (χ3v) is 5.96. The maximum Gasteiger partial charge on any atom is 0.353 e. The van der Waals surface area contributed by atoms with Crippen molar-refractivity contribution in [3.8, 4) is 0 Å². The van der Waals surface area contributed by atoms with E-state index in [9.17, 15) is 9.90 Å². The van der Waals surface area contributed by atoms with Crippen molar-refractivity contribution in [2.24, 2.45) is 5.41 Å². The molecule has 2 aliphatic rings. The highest BCUT2D eigenvalue weighted by atomic mass is 32.2. The van der Waals surface area contributed by atoms with Crippen LogP contribution in [0.4, 0.5) is 0 Å². The van der Waals surface area contributed by atoms with Gasteiger partial charge in [0.1, 0.15) is 5.70 Å². The van der Waals surface area contributed by atoms with E-state index in [2.05, 4.69) is 13.8 Å². The quantitative estimate of drug-likeness (QED) is 0.848. The van der Waals surface area contributed by atoms with E-state index in [1.807, 2.05) is 30.3 Å². The van der Waals surface area contributed by atoms with E-state index in [1.54, 1.807) is 16.7 Å². The molecule has 0 aromatic heterocycles. The minimum absolute atomic E-state index is 0.0984. The second-order valence-corrected chi connectivity index (χ2v) is 6.69. The second kappa shape index (κ2) is 4.08. The third-order valence-electron chi connectivity index (χ3n) is 3.55. The van der Waals surface area contributed by atoms with Crippen molar-refractivity contribution in [1.29, 1.82) is 0 Å². The van der Waals surface area contributed by atoms with Crippen LogP contribution in [0, 0.1) is 5.41 Å². The maximum atomic E-state index is 11.6. The molecule has 5 heteroatoms. The summed E-state index contributed by atoms with van der Waals surface area (Å²) in [4.78, 5) is 14.9. The number of nitrogens with zero attached hydrogens (tertiary/aromatic N) is 1. The number of carboxylic acids is 1. The fourth-order valence-electron chi connectivity index (χ4n) is 2.47. The molecular formula is C14H13NO2S2. The smallest absolute Gasteiger partial charge is 0.353 e. The van der Waals surface area contributed by atoms with Crippen LogP contribution in [0.2, 0.25) is 0 Å². The van der Waals surface area contributed by atoms with E-state index in [4.69, 9.17) is 12.2 Å². The molecular weight excluding hydrogens is 278 g/mol. The molecule has 1 fully saturated rings. The minimum atomic E-state index is -0.910. The van der Waals surface area contributed by atoms with E-state index in [0.717, 1.165) is 10.5 Å². The monoisotopic (exact) mass is 291 g/mol. The molecule has 0 unspecified atom stereocenters. The van der Waals surface area contributed by atoms with Crippen molar-refractivity contribution in [3.63, 3.8) is 0 Å². The van der Waals surface area contributed by atoms with E-state index in [-0.39, 0.29) is 10.8 Å². The van der Waals surface area contributed by atoms with Crippen molar-refractivity contribution in [1.82, 2.24) is 4.90 Å². The molecule has 0 radical (unpaired) electrons. The Balaban J connectivity index is 2.10. The van der Waals surface area contributed by atoms with Gasteiger partial charge in [0.05, 0.1) is 10.4 Å². The second-order valence-electron chi connectivity index (χ2n) is 5.22. The molecule has 3 rings (SSSR count). The minimum Gasteiger partial charge on any atom is -0.477 e. The van der Waals surface area contributed by atoms with Gasteiger partial charge in [-0.2, -0.15) is 0 Å². The Morgan fingerprint density at radius 3 is 2.58 bits per heavy atom. The number of aliphatic carboxylic acids is 1. The molecule has 0 bridgehead atoms. The van der Waals surface area contributed by atoms with Gasteiger partial charge in [0, 0.05) is 10.3 Å². The number of hydrogen-bond acceptors (Lipinski definition) is 3. The summed E-state index contributed by atoms with van der Waals surface area (Å²) >= 11 is 6.97. The van der Waals surface area contributed by atoms with Gasteiger partial charge in [-0.3, -0.25) is 0 Å². The molecule has 0 aliphatic carbocycles. The van der Waals surface area contributed by atoms with Gasteiger partial charge in [-0.05, 0) is 5.56 Å². The molecule has 98 valence electrons. The van der Waals surface area contributed by atoms with E-state index in [1.165, 1.54) is 0 Å². The Morgan fingerprint density at radius 1 is 1.37 bits per heavy atom. The highest BCUT2D eigenvalue weighted by molar-refractivity contribution is 8.09. The Kier molecular flexibility index (Phi) is 2.73. The molecule has 0 saturated carbocycles. The SMILES string of the molecule is CC1(C)C(=S)N2C(C(=O)O)=C(c3ccccc3)S[C@H]21. The lowest BCUT2D eigenvalue weighted by molar-refractivity contribution is -0.134. The van der Waals surface area contributed by atoms with Crippen LogP contribution >= 0.6 is 24.0 Å². The number of thiocarbonyl (C=S) groups is 1. The van der Waals surface area contributed by atoms with E-state index in [0.29, 0.717) is 10.7 Å². The molecule has 3 nitrogen and oxygen atoms in total. The Morgan fingerprint density at radius 2 is 2.00 bits per heavy atom. The van der Waals surface area contributed by atoms with Gasteiger partial charge in [0.2, 0.25) is 0 Å². The number of hydrogen-bond donors (Lipinski definition) is 1. The fourth-order valence-corrected chi connectivity index (χ4v) is 4.43. The average molecular weight is 291 g/mol. The molecule has 1 N–H and O–H groups in total. The molecule has 1 aromatic rings. The summed E-state index contributed by atoms with van der Waals surface area (Å²) in [6.45, 7) is 4.13. The largest absolute Gasteiger partial charge is 0.477 e. The number of fused-ring (bicyclic) bond motifs is 1. The highest BCUT2D eigenvalue weighted by Crippen LogP contribution is 2.58. The van der Waals surface area contributed by atoms with Crippen molar-refractivity contribution < 1.29 is 9.90 Å². The summed E-state index contributed by atoms with van der Waals surface area (Å²) in [7, 11) is 0. The zero-order valence-corrected chi connectivity index (χ0v) is 12.2. The Hall–Kier alpha value is -1.33. The van der Waals surface area contributed by atoms with Crippen LogP contribution in [-0.4, -0.2) is 26.3 Å². The number of benzene rings is 1. The normalized spacial score (nSPS) is 24.2. The van der Waals surface area contributed by atoms with Crippen LogP contribution in [-0.2, 0) is 4.79 Å². The topological polar surface area (TPSA) is 40.5 Å². The van der Waals surface area contributed by atoms with Crippen molar-refractivity contribution >= 4 is 39.8 Å². The predicted molar refractivity (Wildman–Crippen MR) is 80.6 cm³/mol. The number of thioether (sulfide) groups is 1. The maximum absolute atomic E-state index is 11.6. The summed E-state index contributed by atoms with van der Waals surface area (Å²) < 4.78 is 0. The van der Waals surface area contributed by atoms with Gasteiger partial charge in [0.15, 0.2) is 0 Å². The lowest BCUT2D eigenvalue weighted by atomic mass is 9.83. The van der Waals surface area contributed by atoms with Crippen LogP contribution < -0.4 is 0 Å². The standard InChI is InChI=1S/C14H13NO2S2/c1-14(2)12(18)15-9(11(16)17)10(19-13(14)15)8-6-4-3-5-7-8/h3-7,13H,1-2H3,(H,16,17)/t13-/m0/s1. The van der Waals surface area contributed by atoms with Gasteiger partial charge in [-0.15, -0.1) is 0 Å². The summed E-state index contributed by atoms with van der Waals surface area (Å²) in [5, 5.41) is 9.58. The van der Waals surface area contributed by atoms with Crippen molar-refractivity contribution in [2.45, 2.75) is 19.2 Å². The lowest BCUT2D eigenvalue weighted by Crippen LogP contribution is -2.61. The first kappa shape index (κ1) is 12.7. The molecule has 0 amide bonds. The third kappa shape index (κ3) is 1.65. The van der Waals surface area contributed by atoms with Crippen LogP contribution in [0.15, 0.2) is 36.0 Å². The lowest BCUT2D eigenvalue weighted by Gasteiger charge is -2.51. The summed E-state index contributed by atoms with van der Waals surface area (Å²) in [5.41, 5.74) is 1.14. The number of carboxylic acid groups (broad SMARTS) is 1. The fraction of sp³-hybridized carbons (Fsp3) is 0.286. The number of rotatable bonds is 2. The predicted octanol–water partition coefficient (Wildman–Crippen LogP) is 3.18. The first-order valence-electron chi connectivity index (χ1n) is 5.98. The molecule has 1 atom stereocenters. The zero-order chi connectivity index (χ0) is 13.8. The summed E-state index contributed by atoms with van der Waals surface area (Å²) in [6.07, 6.45) is 0. The van der Waals surface area contributed by atoms with Crippen LogP contribution in [0.5, 0.6) is 0 Å². The molecule has 2 aliphatic heterocycles. The Labute approximate surface area is 121 Å². The van der Waals surface area contributed by atoms with Gasteiger partial charge in [-0.1, -0.05) is 68.2 Å². The molecule has 0 spiro atoms. The molecule has 19 heavy (non-hydrogen) atoms. The van der Waals surface area contributed by atoms with Crippen LogP contribution in [0.3, 0.4) is 0 Å². The van der Waals surface area contributed by atoms with Crippen LogP contribution in [0.25, 0.3) is 4.91 Å². The summed E-state index contributed by atoms with van der Waals surface area (Å²) in [5.74, 6) is -0.910. The van der Waals surface area contributed by atoms with Gasteiger partial charge in [0.25, 0.3) is 0 Å². The average Bonchev–Trinajstić information content (AvgIpc) is 2.78. The molecule has 1 aromatic carbocycles. The van der Waals surface area contributed by atoms with Crippen molar-refractivity contribution in [2.75, 3.05) is 0 Å². The zero-order valence-electron chi connectivity index (χ0n) is 10.6.